The van der Waals surface area contributed by atoms with E-state index in [0.29, 0.717) is 12.8 Å². The zero-order valence-corrected chi connectivity index (χ0v) is 39.5. The fraction of sp³-hybridized carbons (Fsp3) is 0.943. The minimum Gasteiger partial charge on any atom is -0.394 e. The summed E-state index contributed by atoms with van der Waals surface area (Å²) < 4.78 is 0. The number of rotatable bonds is 49. The first-order valence-electron chi connectivity index (χ1n) is 26.5. The predicted octanol–water partition coefficient (Wildman–Crippen LogP) is 15.9. The van der Waals surface area contributed by atoms with Crippen molar-refractivity contribution in [1.82, 2.24) is 5.32 Å². The van der Waals surface area contributed by atoms with Crippen molar-refractivity contribution in [3.63, 3.8) is 0 Å². The van der Waals surface area contributed by atoms with Crippen LogP contribution in [0.15, 0.2) is 12.2 Å². The van der Waals surface area contributed by atoms with E-state index in [2.05, 4.69) is 31.3 Å². The molecule has 0 aromatic carbocycles. The van der Waals surface area contributed by atoms with Gasteiger partial charge in [0.1, 0.15) is 6.10 Å². The average molecular weight is 820 g/mol. The lowest BCUT2D eigenvalue weighted by Crippen LogP contribution is -2.50. The van der Waals surface area contributed by atoms with Gasteiger partial charge in [-0.05, 0) is 38.5 Å². The summed E-state index contributed by atoms with van der Waals surface area (Å²) in [4.78, 5) is 12.5. The van der Waals surface area contributed by atoms with Crippen LogP contribution in [0.5, 0.6) is 0 Å². The molecule has 346 valence electrons. The highest BCUT2D eigenvalue weighted by molar-refractivity contribution is 5.76. The number of aliphatic hydroxyl groups is 3. The van der Waals surface area contributed by atoms with Gasteiger partial charge >= 0.3 is 0 Å². The second-order valence-electron chi connectivity index (χ2n) is 18.4. The van der Waals surface area contributed by atoms with Crippen molar-refractivity contribution < 1.29 is 20.1 Å². The Morgan fingerprint density at radius 2 is 0.690 bits per heavy atom. The van der Waals surface area contributed by atoms with E-state index in [0.717, 1.165) is 38.5 Å². The van der Waals surface area contributed by atoms with Gasteiger partial charge in [-0.2, -0.15) is 0 Å². The molecule has 5 heteroatoms. The summed E-state index contributed by atoms with van der Waals surface area (Å²) in [6, 6.07) is -0.805. The number of hydrogen-bond acceptors (Lipinski definition) is 4. The van der Waals surface area contributed by atoms with Crippen molar-refractivity contribution in [1.29, 1.82) is 0 Å². The number of carbonyl (C=O) groups excluding carboxylic acids is 1. The predicted molar refractivity (Wildman–Crippen MR) is 255 cm³/mol. The van der Waals surface area contributed by atoms with Crippen LogP contribution in [0.1, 0.15) is 296 Å². The maximum Gasteiger partial charge on any atom is 0.220 e. The highest BCUT2D eigenvalue weighted by atomic mass is 16.3. The topological polar surface area (TPSA) is 89.8 Å². The van der Waals surface area contributed by atoms with E-state index in [1.54, 1.807) is 0 Å². The quantitative estimate of drug-likeness (QED) is 0.0364. The Hall–Kier alpha value is -0.910. The highest BCUT2D eigenvalue weighted by Crippen LogP contribution is 2.17. The Morgan fingerprint density at radius 1 is 0.414 bits per heavy atom. The zero-order valence-electron chi connectivity index (χ0n) is 39.5. The summed E-state index contributed by atoms with van der Waals surface area (Å²) in [7, 11) is 0. The lowest BCUT2D eigenvalue weighted by molar-refractivity contribution is -0.124. The number of unbranched alkanes of at least 4 members (excludes halogenated alkanes) is 39. The van der Waals surface area contributed by atoms with Crippen LogP contribution in [-0.2, 0) is 4.79 Å². The summed E-state index contributed by atoms with van der Waals surface area (Å²) in [6.07, 6.45) is 59.3. The second kappa shape index (κ2) is 48.8. The largest absolute Gasteiger partial charge is 0.394 e. The molecule has 0 heterocycles. The van der Waals surface area contributed by atoms with E-state index >= 15 is 0 Å². The molecule has 0 saturated carbocycles. The third-order valence-corrected chi connectivity index (χ3v) is 12.6. The van der Waals surface area contributed by atoms with Crippen molar-refractivity contribution >= 4 is 5.91 Å². The summed E-state index contributed by atoms with van der Waals surface area (Å²) in [6.45, 7) is 4.20. The Kier molecular flexibility index (Phi) is 48.0. The number of carbonyl (C=O) groups is 1. The molecule has 3 unspecified atom stereocenters. The monoisotopic (exact) mass is 820 g/mol. The molecule has 0 aliphatic carbocycles. The van der Waals surface area contributed by atoms with Crippen LogP contribution in [0.2, 0.25) is 0 Å². The molecule has 0 saturated heterocycles. The van der Waals surface area contributed by atoms with E-state index in [9.17, 15) is 20.1 Å². The molecule has 0 spiro atoms. The summed E-state index contributed by atoms with van der Waals surface area (Å²) in [5.74, 6) is -0.140. The van der Waals surface area contributed by atoms with Crippen molar-refractivity contribution in [2.24, 2.45) is 0 Å². The molecule has 5 nitrogen and oxygen atoms in total. The summed E-state index contributed by atoms with van der Waals surface area (Å²) in [5, 5.41) is 33.6. The van der Waals surface area contributed by atoms with Gasteiger partial charge in [0, 0.05) is 6.42 Å². The first kappa shape index (κ1) is 57.1. The van der Waals surface area contributed by atoms with E-state index < -0.39 is 18.2 Å². The van der Waals surface area contributed by atoms with Gasteiger partial charge in [0.15, 0.2) is 0 Å². The molecule has 58 heavy (non-hydrogen) atoms. The first-order valence-corrected chi connectivity index (χ1v) is 26.5. The lowest BCUT2D eigenvalue weighted by Gasteiger charge is -2.26. The number of hydrogen-bond donors (Lipinski definition) is 4. The zero-order chi connectivity index (χ0) is 42.3. The molecule has 0 aromatic rings. The normalized spacial score (nSPS) is 13.4. The van der Waals surface area contributed by atoms with Crippen molar-refractivity contribution in [2.45, 2.75) is 315 Å². The van der Waals surface area contributed by atoms with Crippen LogP contribution in [0, 0.1) is 0 Å². The minimum atomic E-state index is -1.13. The minimum absolute atomic E-state index is 0.140. The van der Waals surface area contributed by atoms with E-state index in [1.807, 2.05) is 0 Å². The maximum absolute atomic E-state index is 12.5. The average Bonchev–Trinajstić information content (AvgIpc) is 3.23. The van der Waals surface area contributed by atoms with E-state index in [-0.39, 0.29) is 12.5 Å². The molecule has 0 fully saturated rings. The Balaban J connectivity index is 3.49. The third-order valence-electron chi connectivity index (χ3n) is 12.6. The highest BCUT2D eigenvalue weighted by Gasteiger charge is 2.26. The molecule has 0 aliphatic heterocycles. The second-order valence-corrected chi connectivity index (χ2v) is 18.4. The first-order chi connectivity index (χ1) is 28.6. The van der Waals surface area contributed by atoms with Gasteiger partial charge in [0.05, 0.1) is 18.8 Å². The van der Waals surface area contributed by atoms with Crippen molar-refractivity contribution in [2.75, 3.05) is 6.61 Å². The lowest BCUT2D eigenvalue weighted by atomic mass is 9.99. The Labute approximate surface area is 363 Å². The number of aliphatic hydroxyl groups excluding tert-OH is 3. The molecule has 0 bridgehead atoms. The van der Waals surface area contributed by atoms with Crippen molar-refractivity contribution in [3.05, 3.63) is 12.2 Å². The van der Waals surface area contributed by atoms with Crippen LogP contribution >= 0.6 is 0 Å². The standard InChI is InChI=1S/C53H105NO4/c1-3-5-7-9-11-13-15-17-19-20-21-22-23-24-25-26-27-28-29-30-31-32-33-34-36-38-40-42-44-46-48-52(57)54-50(49-55)53(58)51(56)47-45-43-41-39-37-35-18-16-14-12-10-8-6-4-2/h24-25,50-51,53,55-56,58H,3-23,26-49H2,1-2H3,(H,54,57)/b25-24-. The van der Waals surface area contributed by atoms with Crippen LogP contribution in [0.3, 0.4) is 0 Å². The van der Waals surface area contributed by atoms with Crippen LogP contribution < -0.4 is 5.32 Å². The van der Waals surface area contributed by atoms with Crippen LogP contribution in [0.4, 0.5) is 0 Å². The van der Waals surface area contributed by atoms with Gasteiger partial charge in [-0.15, -0.1) is 0 Å². The molecular formula is C53H105NO4. The van der Waals surface area contributed by atoms with Gasteiger partial charge in [-0.1, -0.05) is 264 Å². The molecule has 4 N–H and O–H groups in total. The SMILES string of the molecule is CCCCCCCCCCCCCC/C=C\CCCCCCCCCCCCCCCCC(=O)NC(CO)C(O)C(O)CCCCCCCCCCCCCCCC. The maximum atomic E-state index is 12.5. The molecule has 0 aromatic heterocycles. The number of allylic oxidation sites excluding steroid dienone is 2. The molecule has 1 amide bonds. The Morgan fingerprint density at radius 3 is 1.00 bits per heavy atom. The number of nitrogens with one attached hydrogen (secondary N) is 1. The van der Waals surface area contributed by atoms with Crippen molar-refractivity contribution in [3.8, 4) is 0 Å². The van der Waals surface area contributed by atoms with Crippen LogP contribution in [-0.4, -0.2) is 46.1 Å². The fourth-order valence-corrected chi connectivity index (χ4v) is 8.51. The van der Waals surface area contributed by atoms with Gasteiger partial charge in [-0.3, -0.25) is 4.79 Å². The molecule has 0 radical (unpaired) electrons. The molecule has 3 atom stereocenters. The van der Waals surface area contributed by atoms with Gasteiger partial charge in [0.2, 0.25) is 5.91 Å². The third kappa shape index (κ3) is 43.2. The van der Waals surface area contributed by atoms with Gasteiger partial charge in [-0.25, -0.2) is 0 Å². The van der Waals surface area contributed by atoms with Crippen LogP contribution in [0.25, 0.3) is 0 Å². The fourth-order valence-electron chi connectivity index (χ4n) is 8.51. The molecule has 0 aliphatic rings. The van der Waals surface area contributed by atoms with E-state index in [4.69, 9.17) is 0 Å². The summed E-state index contributed by atoms with van der Waals surface area (Å²) >= 11 is 0. The van der Waals surface area contributed by atoms with Gasteiger partial charge < -0.3 is 20.6 Å². The number of amides is 1. The molecular weight excluding hydrogens is 715 g/mol. The Bertz CT molecular complexity index is 818. The molecule has 0 rings (SSSR count). The van der Waals surface area contributed by atoms with Gasteiger partial charge in [0.25, 0.3) is 0 Å². The smallest absolute Gasteiger partial charge is 0.220 e. The van der Waals surface area contributed by atoms with E-state index in [1.165, 1.54) is 231 Å². The summed E-state index contributed by atoms with van der Waals surface area (Å²) in [5.41, 5.74) is 0.